The van der Waals surface area contributed by atoms with Gasteiger partial charge in [0.05, 0.1) is 12.0 Å². The molecule has 1 saturated heterocycles. The highest BCUT2D eigenvalue weighted by molar-refractivity contribution is 5.77. The van der Waals surface area contributed by atoms with Crippen molar-refractivity contribution in [3.63, 3.8) is 0 Å². The summed E-state index contributed by atoms with van der Waals surface area (Å²) in [6, 6.07) is 0. The van der Waals surface area contributed by atoms with Crippen molar-refractivity contribution in [2.75, 3.05) is 26.7 Å². The average molecular weight is 722 g/mol. The second kappa shape index (κ2) is 31.3. The zero-order valence-corrected chi connectivity index (χ0v) is 36.3. The Bertz CT molecular complexity index is 816. The fourth-order valence-electron chi connectivity index (χ4n) is 7.76. The highest BCUT2D eigenvalue weighted by Gasteiger charge is 2.49. The molecule has 0 aromatic heterocycles. The van der Waals surface area contributed by atoms with Crippen LogP contribution in [0.2, 0.25) is 0 Å². The van der Waals surface area contributed by atoms with Crippen LogP contribution in [0.25, 0.3) is 0 Å². The molecule has 0 bridgehead atoms. The molecular formula is C46H91NO4. The Kier molecular flexibility index (Phi) is 30.6. The van der Waals surface area contributed by atoms with E-state index in [1.165, 1.54) is 103 Å². The molecule has 0 aromatic carbocycles. The summed E-state index contributed by atoms with van der Waals surface area (Å²) in [7, 11) is 2.20. The number of nitrogens with zero attached hydrogens (tertiary/aromatic N) is 1. The van der Waals surface area contributed by atoms with Crippen molar-refractivity contribution < 1.29 is 19.1 Å². The van der Waals surface area contributed by atoms with Gasteiger partial charge in [0.1, 0.15) is 6.10 Å². The molecule has 0 aromatic rings. The van der Waals surface area contributed by atoms with E-state index < -0.39 is 5.41 Å². The van der Waals surface area contributed by atoms with Crippen LogP contribution in [-0.2, 0) is 19.1 Å². The zero-order valence-electron chi connectivity index (χ0n) is 36.3. The first-order valence-corrected chi connectivity index (χ1v) is 22.5. The van der Waals surface area contributed by atoms with E-state index in [-0.39, 0.29) is 23.5 Å². The molecule has 1 heterocycles. The number of carbonyl (C=O) groups is 2. The maximum absolute atomic E-state index is 13.8. The molecule has 1 fully saturated rings. The number of carbonyl (C=O) groups excluding carboxylic acids is 2. The van der Waals surface area contributed by atoms with E-state index in [0.717, 1.165) is 70.9 Å². The number of likely N-dealkylation sites (tertiary alicyclic amines) is 1. The fourth-order valence-corrected chi connectivity index (χ4v) is 7.76. The highest BCUT2D eigenvalue weighted by atomic mass is 16.5. The molecule has 0 saturated carbocycles. The molecule has 1 aliphatic heterocycles. The third-order valence-corrected chi connectivity index (χ3v) is 12.3. The second-order valence-corrected chi connectivity index (χ2v) is 17.1. The van der Waals surface area contributed by atoms with Crippen LogP contribution in [0.15, 0.2) is 0 Å². The Morgan fingerprint density at radius 1 is 0.627 bits per heavy atom. The summed E-state index contributed by atoms with van der Waals surface area (Å²) in [5.41, 5.74) is -0.616. The largest absolute Gasteiger partial charge is 0.466 e. The van der Waals surface area contributed by atoms with Crippen LogP contribution in [0.1, 0.15) is 229 Å². The number of hydrogen-bond donors (Lipinski definition) is 0. The summed E-state index contributed by atoms with van der Waals surface area (Å²) in [5, 5.41) is 0. The van der Waals surface area contributed by atoms with Gasteiger partial charge in [-0.25, -0.2) is 0 Å². The number of esters is 2. The van der Waals surface area contributed by atoms with Crippen molar-refractivity contribution in [1.82, 2.24) is 4.90 Å². The van der Waals surface area contributed by atoms with E-state index in [4.69, 9.17) is 9.47 Å². The molecule has 5 nitrogen and oxygen atoms in total. The average Bonchev–Trinajstić information content (AvgIpc) is 3.11. The normalized spacial score (nSPS) is 15.6. The molecule has 304 valence electrons. The fraction of sp³-hybridized carbons (Fsp3) is 0.957. The topological polar surface area (TPSA) is 55.8 Å². The van der Waals surface area contributed by atoms with Crippen molar-refractivity contribution in [1.29, 1.82) is 0 Å². The van der Waals surface area contributed by atoms with Gasteiger partial charge in [-0.2, -0.15) is 0 Å². The van der Waals surface area contributed by atoms with Gasteiger partial charge in [-0.1, -0.05) is 151 Å². The standard InChI is InChI=1S/C44H85NO4.C2H6/c1-9-12-15-17-18-21-25-30-40(49-42(47)44(6,7)43(4,5)39-32-34-45(8)35-33-39)31-26-22-19-20-23-27-36-48-41(46)37-38(28-14-11-3)29-24-16-13-10-2;1-2/h38-40H,9-37H2,1-8H3;1-2H3. The second-order valence-electron chi connectivity index (χ2n) is 17.1. The molecule has 0 aliphatic carbocycles. The summed E-state index contributed by atoms with van der Waals surface area (Å²) < 4.78 is 12.1. The lowest BCUT2D eigenvalue weighted by molar-refractivity contribution is -0.171. The van der Waals surface area contributed by atoms with Crippen LogP contribution >= 0.6 is 0 Å². The minimum atomic E-state index is -0.513. The first-order valence-electron chi connectivity index (χ1n) is 22.5. The summed E-state index contributed by atoms with van der Waals surface area (Å²) in [5.74, 6) is 1.05. The quantitative estimate of drug-likeness (QED) is 0.0527. The van der Waals surface area contributed by atoms with Gasteiger partial charge in [0.25, 0.3) is 0 Å². The molecule has 1 rings (SSSR count). The number of hydrogen-bond acceptors (Lipinski definition) is 5. The minimum absolute atomic E-state index is 0.00657. The van der Waals surface area contributed by atoms with Crippen LogP contribution in [0.5, 0.6) is 0 Å². The molecule has 51 heavy (non-hydrogen) atoms. The van der Waals surface area contributed by atoms with Gasteiger partial charge in [-0.15, -0.1) is 0 Å². The highest BCUT2D eigenvalue weighted by Crippen LogP contribution is 2.49. The van der Waals surface area contributed by atoms with E-state index >= 15 is 0 Å². The van der Waals surface area contributed by atoms with Crippen molar-refractivity contribution in [3.8, 4) is 0 Å². The van der Waals surface area contributed by atoms with Crippen LogP contribution in [-0.4, -0.2) is 49.7 Å². The lowest BCUT2D eigenvalue weighted by Gasteiger charge is -2.48. The van der Waals surface area contributed by atoms with Gasteiger partial charge in [0.15, 0.2) is 0 Å². The van der Waals surface area contributed by atoms with Crippen LogP contribution in [0.3, 0.4) is 0 Å². The third-order valence-electron chi connectivity index (χ3n) is 12.3. The monoisotopic (exact) mass is 722 g/mol. The van der Waals surface area contributed by atoms with E-state index in [1.807, 2.05) is 13.8 Å². The zero-order chi connectivity index (χ0) is 38.4. The van der Waals surface area contributed by atoms with Gasteiger partial charge >= 0.3 is 11.9 Å². The first kappa shape index (κ1) is 49.9. The predicted molar refractivity (Wildman–Crippen MR) is 221 cm³/mol. The summed E-state index contributed by atoms with van der Waals surface area (Å²) in [6.07, 6.45) is 30.4. The molecule has 0 amide bonds. The van der Waals surface area contributed by atoms with Crippen LogP contribution < -0.4 is 0 Å². The Hall–Kier alpha value is -1.10. The third kappa shape index (κ3) is 22.7. The minimum Gasteiger partial charge on any atom is -0.466 e. The Morgan fingerprint density at radius 2 is 1.06 bits per heavy atom. The van der Waals surface area contributed by atoms with E-state index in [1.54, 1.807) is 0 Å². The Morgan fingerprint density at radius 3 is 1.59 bits per heavy atom. The molecule has 2 atom stereocenters. The summed E-state index contributed by atoms with van der Waals surface area (Å²) >= 11 is 0. The predicted octanol–water partition coefficient (Wildman–Crippen LogP) is 13.9. The molecule has 0 radical (unpaired) electrons. The lowest BCUT2D eigenvalue weighted by atomic mass is 9.59. The van der Waals surface area contributed by atoms with E-state index in [9.17, 15) is 9.59 Å². The molecule has 1 aliphatic rings. The summed E-state index contributed by atoms with van der Waals surface area (Å²) in [6.45, 7) is 22.4. The Balaban J connectivity index is 0.0000123. The molecule has 2 unspecified atom stereocenters. The van der Waals surface area contributed by atoms with Gasteiger partial charge in [0, 0.05) is 6.42 Å². The number of rotatable bonds is 31. The maximum Gasteiger partial charge on any atom is 0.312 e. The lowest BCUT2D eigenvalue weighted by Crippen LogP contribution is -2.49. The number of unbranched alkanes of at least 4 members (excludes halogenated alkanes) is 15. The van der Waals surface area contributed by atoms with E-state index in [0.29, 0.717) is 24.9 Å². The SMILES string of the molecule is CC.CCCCCCCCCC(CCCCCCCCOC(=O)CC(CCCC)CCCCCC)OC(=O)C(C)(C)C(C)(C)C1CCN(C)CC1. The van der Waals surface area contributed by atoms with Gasteiger partial charge in [-0.05, 0) is 109 Å². The summed E-state index contributed by atoms with van der Waals surface area (Å²) in [4.78, 5) is 28.8. The van der Waals surface area contributed by atoms with Crippen molar-refractivity contribution in [2.45, 2.75) is 235 Å². The molecule has 0 spiro atoms. The first-order chi connectivity index (χ1) is 24.5. The van der Waals surface area contributed by atoms with Gasteiger partial charge in [0.2, 0.25) is 0 Å². The maximum atomic E-state index is 13.8. The van der Waals surface area contributed by atoms with Gasteiger partial charge < -0.3 is 14.4 Å². The molecular weight excluding hydrogens is 631 g/mol. The van der Waals surface area contributed by atoms with Gasteiger partial charge in [-0.3, -0.25) is 9.59 Å². The van der Waals surface area contributed by atoms with E-state index in [2.05, 4.69) is 60.4 Å². The van der Waals surface area contributed by atoms with Crippen molar-refractivity contribution in [2.24, 2.45) is 22.7 Å². The van der Waals surface area contributed by atoms with Crippen molar-refractivity contribution >= 4 is 11.9 Å². The van der Waals surface area contributed by atoms with Crippen LogP contribution in [0, 0.1) is 22.7 Å². The molecule has 5 heteroatoms. The Labute approximate surface area is 319 Å². The number of ether oxygens (including phenoxy) is 2. The smallest absolute Gasteiger partial charge is 0.312 e. The van der Waals surface area contributed by atoms with Crippen molar-refractivity contribution in [3.05, 3.63) is 0 Å². The van der Waals surface area contributed by atoms with Crippen LogP contribution in [0.4, 0.5) is 0 Å². The number of piperidine rings is 1. The molecule has 0 N–H and O–H groups in total.